The predicted molar refractivity (Wildman–Crippen MR) is 55.0 cm³/mol. The lowest BCUT2D eigenvalue weighted by Crippen LogP contribution is -2.35. The van der Waals surface area contributed by atoms with Gasteiger partial charge in [-0.25, -0.2) is 13.1 Å². The molecule has 15 heavy (non-hydrogen) atoms. The van der Waals surface area contributed by atoms with Crippen molar-refractivity contribution in [3.05, 3.63) is 17.9 Å². The van der Waals surface area contributed by atoms with E-state index in [0.717, 1.165) is 13.0 Å². The molecular formula is C9H14N2O3S. The Morgan fingerprint density at radius 1 is 1.53 bits per heavy atom. The van der Waals surface area contributed by atoms with E-state index >= 15 is 0 Å². The van der Waals surface area contributed by atoms with Gasteiger partial charge in [-0.3, -0.25) is 0 Å². The zero-order valence-corrected chi connectivity index (χ0v) is 9.30. The molecule has 1 fully saturated rings. The van der Waals surface area contributed by atoms with E-state index in [1.54, 1.807) is 13.0 Å². The van der Waals surface area contributed by atoms with Gasteiger partial charge < -0.3 is 9.73 Å². The van der Waals surface area contributed by atoms with Crippen LogP contribution in [0.15, 0.2) is 21.6 Å². The summed E-state index contributed by atoms with van der Waals surface area (Å²) < 4.78 is 31.2. The first kappa shape index (κ1) is 10.7. The molecule has 1 aromatic heterocycles. The normalized spacial score (nSPS) is 22.1. The van der Waals surface area contributed by atoms with Crippen molar-refractivity contribution in [3.8, 4) is 0 Å². The smallest absolute Gasteiger partial charge is 0.274 e. The summed E-state index contributed by atoms with van der Waals surface area (Å²) >= 11 is 0. The zero-order valence-electron chi connectivity index (χ0n) is 8.49. The van der Waals surface area contributed by atoms with Crippen LogP contribution in [-0.4, -0.2) is 27.5 Å². The molecule has 1 atom stereocenters. The van der Waals surface area contributed by atoms with Crippen molar-refractivity contribution in [2.45, 2.75) is 24.5 Å². The van der Waals surface area contributed by atoms with Crippen LogP contribution in [0.3, 0.4) is 0 Å². The van der Waals surface area contributed by atoms with Crippen molar-refractivity contribution in [2.75, 3.05) is 13.1 Å². The Hall–Kier alpha value is -0.850. The topological polar surface area (TPSA) is 71.3 Å². The van der Waals surface area contributed by atoms with Crippen LogP contribution in [0, 0.1) is 6.92 Å². The van der Waals surface area contributed by atoms with E-state index in [9.17, 15) is 8.42 Å². The van der Waals surface area contributed by atoms with E-state index in [0.29, 0.717) is 12.3 Å². The van der Waals surface area contributed by atoms with Crippen molar-refractivity contribution in [1.82, 2.24) is 10.0 Å². The minimum absolute atomic E-state index is 0.00750. The highest BCUT2D eigenvalue weighted by atomic mass is 32.2. The fraction of sp³-hybridized carbons (Fsp3) is 0.556. The van der Waals surface area contributed by atoms with Crippen LogP contribution in [0.25, 0.3) is 0 Å². The molecule has 2 rings (SSSR count). The van der Waals surface area contributed by atoms with Crippen LogP contribution in [0.1, 0.15) is 12.2 Å². The second-order valence-electron chi connectivity index (χ2n) is 3.68. The van der Waals surface area contributed by atoms with E-state index in [-0.39, 0.29) is 11.1 Å². The largest absolute Gasteiger partial charge is 0.449 e. The quantitative estimate of drug-likeness (QED) is 0.779. The van der Waals surface area contributed by atoms with Crippen LogP contribution < -0.4 is 10.0 Å². The van der Waals surface area contributed by atoms with Gasteiger partial charge in [0.15, 0.2) is 0 Å². The standard InChI is InChI=1S/C9H14N2O3S/c1-7-2-3-9(14-7)15(12,13)11-8-4-5-10-6-8/h2-3,8,10-11H,4-6H2,1H3. The van der Waals surface area contributed by atoms with E-state index in [4.69, 9.17) is 4.42 Å². The van der Waals surface area contributed by atoms with Crippen LogP contribution >= 0.6 is 0 Å². The summed E-state index contributed by atoms with van der Waals surface area (Å²) in [7, 11) is -3.48. The third-order valence-corrected chi connectivity index (χ3v) is 3.76. The Balaban J connectivity index is 2.12. The molecule has 1 aromatic rings. The Labute approximate surface area is 88.9 Å². The molecule has 1 unspecified atom stereocenters. The number of rotatable bonds is 3. The van der Waals surface area contributed by atoms with Crippen molar-refractivity contribution < 1.29 is 12.8 Å². The van der Waals surface area contributed by atoms with Gasteiger partial charge in [0, 0.05) is 12.6 Å². The maximum absolute atomic E-state index is 11.8. The Morgan fingerprint density at radius 3 is 2.87 bits per heavy atom. The number of nitrogens with one attached hydrogen (secondary N) is 2. The molecule has 0 amide bonds. The molecule has 0 saturated carbocycles. The summed E-state index contributed by atoms with van der Waals surface area (Å²) in [5, 5.41) is 3.09. The van der Waals surface area contributed by atoms with E-state index in [1.165, 1.54) is 6.07 Å². The molecule has 6 heteroatoms. The highest BCUT2D eigenvalue weighted by Gasteiger charge is 2.24. The van der Waals surface area contributed by atoms with Crippen LogP contribution in [0.2, 0.25) is 0 Å². The van der Waals surface area contributed by atoms with Gasteiger partial charge in [-0.2, -0.15) is 0 Å². The number of furan rings is 1. The van der Waals surface area contributed by atoms with Crippen LogP contribution in [-0.2, 0) is 10.0 Å². The molecule has 5 nitrogen and oxygen atoms in total. The molecule has 0 spiro atoms. The number of sulfonamides is 1. The molecule has 2 N–H and O–H groups in total. The molecule has 0 bridgehead atoms. The van der Waals surface area contributed by atoms with Crippen molar-refractivity contribution >= 4 is 10.0 Å². The SMILES string of the molecule is Cc1ccc(S(=O)(=O)NC2CCNC2)o1. The molecule has 0 aliphatic carbocycles. The van der Waals surface area contributed by atoms with Gasteiger partial charge in [0.05, 0.1) is 0 Å². The molecule has 2 heterocycles. The maximum Gasteiger partial charge on any atom is 0.274 e. The van der Waals surface area contributed by atoms with Gasteiger partial charge in [0.1, 0.15) is 5.76 Å². The minimum atomic E-state index is -3.48. The van der Waals surface area contributed by atoms with Gasteiger partial charge in [-0.15, -0.1) is 0 Å². The van der Waals surface area contributed by atoms with Crippen LogP contribution in [0.4, 0.5) is 0 Å². The van der Waals surface area contributed by atoms with E-state index < -0.39 is 10.0 Å². The molecule has 1 aliphatic heterocycles. The summed E-state index contributed by atoms with van der Waals surface area (Å²) in [6.45, 7) is 3.25. The molecule has 1 aliphatic rings. The highest BCUT2D eigenvalue weighted by molar-refractivity contribution is 7.89. The summed E-state index contributed by atoms with van der Waals surface area (Å²) in [4.78, 5) is 0. The second kappa shape index (κ2) is 3.96. The first-order chi connectivity index (χ1) is 7.08. The van der Waals surface area contributed by atoms with E-state index in [2.05, 4.69) is 10.0 Å². The Kier molecular flexibility index (Phi) is 2.81. The van der Waals surface area contributed by atoms with Crippen LogP contribution in [0.5, 0.6) is 0 Å². The second-order valence-corrected chi connectivity index (χ2v) is 5.32. The molecule has 0 radical (unpaired) electrons. The Morgan fingerprint density at radius 2 is 2.33 bits per heavy atom. The predicted octanol–water partition coefficient (Wildman–Crippen LogP) is 0.228. The van der Waals surface area contributed by atoms with Crippen molar-refractivity contribution in [1.29, 1.82) is 0 Å². The number of hydrogen-bond donors (Lipinski definition) is 2. The molecule has 1 saturated heterocycles. The van der Waals surface area contributed by atoms with Crippen molar-refractivity contribution in [3.63, 3.8) is 0 Å². The summed E-state index contributed by atoms with van der Waals surface area (Å²) in [5.41, 5.74) is 0. The third kappa shape index (κ3) is 2.39. The first-order valence-corrected chi connectivity index (χ1v) is 6.36. The average molecular weight is 230 g/mol. The molecular weight excluding hydrogens is 216 g/mol. The lowest BCUT2D eigenvalue weighted by Gasteiger charge is -2.09. The van der Waals surface area contributed by atoms with Gasteiger partial charge in [0.25, 0.3) is 10.0 Å². The number of aryl methyl sites for hydroxylation is 1. The summed E-state index contributed by atoms with van der Waals surface area (Å²) in [6.07, 6.45) is 0.818. The minimum Gasteiger partial charge on any atom is -0.449 e. The van der Waals surface area contributed by atoms with Gasteiger partial charge in [0.2, 0.25) is 5.09 Å². The van der Waals surface area contributed by atoms with Gasteiger partial charge >= 0.3 is 0 Å². The lowest BCUT2D eigenvalue weighted by molar-refractivity contribution is 0.422. The third-order valence-electron chi connectivity index (χ3n) is 2.36. The average Bonchev–Trinajstić information content (AvgIpc) is 2.75. The Bertz CT molecular complexity index is 432. The monoisotopic (exact) mass is 230 g/mol. The van der Waals surface area contributed by atoms with Gasteiger partial charge in [-0.05, 0) is 32.0 Å². The fourth-order valence-electron chi connectivity index (χ4n) is 1.59. The van der Waals surface area contributed by atoms with Gasteiger partial charge in [-0.1, -0.05) is 0 Å². The maximum atomic E-state index is 11.8. The molecule has 84 valence electrons. The summed E-state index contributed by atoms with van der Waals surface area (Å²) in [6, 6.07) is 3.09. The first-order valence-electron chi connectivity index (χ1n) is 4.87. The highest BCUT2D eigenvalue weighted by Crippen LogP contribution is 2.14. The van der Waals surface area contributed by atoms with Crippen molar-refractivity contribution in [2.24, 2.45) is 0 Å². The van der Waals surface area contributed by atoms with E-state index in [1.807, 2.05) is 0 Å². The fourth-order valence-corrected chi connectivity index (χ4v) is 2.83. The lowest BCUT2D eigenvalue weighted by atomic mass is 10.3. The molecule has 0 aromatic carbocycles. The zero-order chi connectivity index (χ0) is 10.9. The summed E-state index contributed by atoms with van der Waals surface area (Å²) in [5.74, 6) is 0.597. The number of hydrogen-bond acceptors (Lipinski definition) is 4.